The molecule has 0 radical (unpaired) electrons. The minimum Gasteiger partial charge on any atom is -0.348 e. The fraction of sp³-hybridized carbons (Fsp3) is 0.750. The average molecular weight is 205 g/mol. The third-order valence-electron chi connectivity index (χ3n) is 4.04. The fourth-order valence-electron chi connectivity index (χ4n) is 2.58. The SMILES string of the molecule is Cc1[nH]cnc1CNCC1(C2CC2)CC1. The monoisotopic (exact) mass is 205 g/mol. The van der Waals surface area contributed by atoms with Gasteiger partial charge in [-0.1, -0.05) is 0 Å². The van der Waals surface area contributed by atoms with Gasteiger partial charge in [-0.25, -0.2) is 4.98 Å². The molecule has 0 spiro atoms. The predicted molar refractivity (Wildman–Crippen MR) is 59.4 cm³/mol. The second-order valence-electron chi connectivity index (χ2n) is 5.21. The number of nitrogens with one attached hydrogen (secondary N) is 2. The molecule has 1 aromatic rings. The van der Waals surface area contributed by atoms with Gasteiger partial charge >= 0.3 is 0 Å². The van der Waals surface area contributed by atoms with Crippen molar-refractivity contribution in [3.8, 4) is 0 Å². The first-order valence-corrected chi connectivity index (χ1v) is 6.00. The maximum atomic E-state index is 4.30. The van der Waals surface area contributed by atoms with E-state index in [4.69, 9.17) is 0 Å². The van der Waals surface area contributed by atoms with Crippen LogP contribution in [0.25, 0.3) is 0 Å². The van der Waals surface area contributed by atoms with E-state index in [9.17, 15) is 0 Å². The molecule has 0 unspecified atom stereocenters. The summed E-state index contributed by atoms with van der Waals surface area (Å²) < 4.78 is 0. The van der Waals surface area contributed by atoms with Crippen LogP contribution in [-0.4, -0.2) is 16.5 Å². The highest BCUT2D eigenvalue weighted by atomic mass is 15.0. The van der Waals surface area contributed by atoms with Gasteiger partial charge in [-0.05, 0) is 43.9 Å². The molecule has 0 amide bonds. The van der Waals surface area contributed by atoms with Gasteiger partial charge in [0.2, 0.25) is 0 Å². The molecule has 0 saturated heterocycles. The van der Waals surface area contributed by atoms with E-state index in [-0.39, 0.29) is 0 Å². The van der Waals surface area contributed by atoms with E-state index in [0.29, 0.717) is 5.41 Å². The predicted octanol–water partition coefficient (Wildman–Crippen LogP) is 2.00. The Morgan fingerprint density at radius 1 is 1.53 bits per heavy atom. The van der Waals surface area contributed by atoms with Gasteiger partial charge in [0.25, 0.3) is 0 Å². The average Bonchev–Trinajstić information content (AvgIpc) is 3.10. The molecule has 0 aliphatic heterocycles. The second kappa shape index (κ2) is 3.34. The molecular formula is C12H19N3. The van der Waals surface area contributed by atoms with Crippen LogP contribution in [0.2, 0.25) is 0 Å². The first kappa shape index (κ1) is 9.40. The normalized spacial score (nSPS) is 23.0. The Morgan fingerprint density at radius 2 is 2.33 bits per heavy atom. The van der Waals surface area contributed by atoms with Crippen LogP contribution in [0.5, 0.6) is 0 Å². The van der Waals surface area contributed by atoms with Crippen molar-refractivity contribution in [2.45, 2.75) is 39.2 Å². The van der Waals surface area contributed by atoms with Crippen molar-refractivity contribution in [3.63, 3.8) is 0 Å². The lowest BCUT2D eigenvalue weighted by molar-refractivity contribution is 0.402. The number of H-pyrrole nitrogens is 1. The number of hydrogen-bond donors (Lipinski definition) is 2. The van der Waals surface area contributed by atoms with Crippen LogP contribution in [0.1, 0.15) is 37.1 Å². The summed E-state index contributed by atoms with van der Waals surface area (Å²) in [5, 5.41) is 3.57. The van der Waals surface area contributed by atoms with Crippen molar-refractivity contribution in [3.05, 3.63) is 17.7 Å². The number of rotatable bonds is 5. The number of aryl methyl sites for hydroxylation is 1. The van der Waals surface area contributed by atoms with Gasteiger partial charge in [0.1, 0.15) is 0 Å². The zero-order valence-electron chi connectivity index (χ0n) is 9.34. The summed E-state index contributed by atoms with van der Waals surface area (Å²) in [6, 6.07) is 0. The van der Waals surface area contributed by atoms with E-state index in [1.165, 1.54) is 43.6 Å². The summed E-state index contributed by atoms with van der Waals surface area (Å²) >= 11 is 0. The topological polar surface area (TPSA) is 40.7 Å². The Balaban J connectivity index is 1.49. The van der Waals surface area contributed by atoms with E-state index in [2.05, 4.69) is 22.2 Å². The molecule has 82 valence electrons. The lowest BCUT2D eigenvalue weighted by Crippen LogP contribution is -2.25. The van der Waals surface area contributed by atoms with Crippen LogP contribution in [0.15, 0.2) is 6.33 Å². The minimum atomic E-state index is 0.699. The Hall–Kier alpha value is -0.830. The summed E-state index contributed by atoms with van der Waals surface area (Å²) in [6.45, 7) is 4.20. The van der Waals surface area contributed by atoms with Crippen molar-refractivity contribution in [2.24, 2.45) is 11.3 Å². The molecule has 15 heavy (non-hydrogen) atoms. The van der Waals surface area contributed by atoms with Gasteiger partial charge in [0, 0.05) is 18.8 Å². The highest BCUT2D eigenvalue weighted by Gasteiger charge is 2.53. The van der Waals surface area contributed by atoms with Crippen molar-refractivity contribution in [2.75, 3.05) is 6.54 Å². The minimum absolute atomic E-state index is 0.699. The van der Waals surface area contributed by atoms with E-state index < -0.39 is 0 Å². The summed E-state index contributed by atoms with van der Waals surface area (Å²) in [5.41, 5.74) is 3.06. The lowest BCUT2D eigenvalue weighted by Gasteiger charge is -2.14. The molecule has 1 aromatic heterocycles. The van der Waals surface area contributed by atoms with Gasteiger partial charge in [-0.3, -0.25) is 0 Å². The van der Waals surface area contributed by atoms with Crippen molar-refractivity contribution >= 4 is 0 Å². The van der Waals surface area contributed by atoms with Gasteiger partial charge < -0.3 is 10.3 Å². The first-order valence-electron chi connectivity index (χ1n) is 6.00. The summed E-state index contributed by atoms with van der Waals surface area (Å²) in [7, 11) is 0. The summed E-state index contributed by atoms with van der Waals surface area (Å²) in [5.74, 6) is 1.05. The standard InChI is InChI=1S/C12H19N3/c1-9-11(15-8-14-9)6-13-7-12(4-5-12)10-2-3-10/h8,10,13H,2-7H2,1H3,(H,14,15). The molecule has 0 aromatic carbocycles. The van der Waals surface area contributed by atoms with Crippen LogP contribution in [0.4, 0.5) is 0 Å². The molecule has 1 heterocycles. The Labute approximate surface area is 90.7 Å². The molecule has 2 saturated carbocycles. The van der Waals surface area contributed by atoms with Crippen LogP contribution in [0, 0.1) is 18.3 Å². The number of aromatic amines is 1. The largest absolute Gasteiger partial charge is 0.348 e. The first-order chi connectivity index (χ1) is 7.30. The van der Waals surface area contributed by atoms with E-state index >= 15 is 0 Å². The van der Waals surface area contributed by atoms with Crippen molar-refractivity contribution < 1.29 is 0 Å². The number of hydrogen-bond acceptors (Lipinski definition) is 2. The summed E-state index contributed by atoms with van der Waals surface area (Å²) in [6.07, 6.45) is 7.63. The molecule has 3 nitrogen and oxygen atoms in total. The molecule has 2 fully saturated rings. The van der Waals surface area contributed by atoms with E-state index in [1.54, 1.807) is 6.33 Å². The van der Waals surface area contributed by atoms with Crippen molar-refractivity contribution in [1.29, 1.82) is 0 Å². The highest BCUT2D eigenvalue weighted by Crippen LogP contribution is 2.60. The molecule has 3 rings (SSSR count). The maximum Gasteiger partial charge on any atom is 0.0925 e. The number of nitrogens with zero attached hydrogens (tertiary/aromatic N) is 1. The molecule has 0 atom stereocenters. The number of aromatic nitrogens is 2. The maximum absolute atomic E-state index is 4.30. The highest BCUT2D eigenvalue weighted by molar-refractivity contribution is 5.09. The Kier molecular flexibility index (Phi) is 2.09. The number of imidazole rings is 1. The molecule has 2 N–H and O–H groups in total. The van der Waals surface area contributed by atoms with Gasteiger partial charge in [-0.2, -0.15) is 0 Å². The van der Waals surface area contributed by atoms with Crippen molar-refractivity contribution in [1.82, 2.24) is 15.3 Å². The zero-order chi connectivity index (χ0) is 10.3. The van der Waals surface area contributed by atoms with Crippen LogP contribution < -0.4 is 5.32 Å². The Morgan fingerprint density at radius 3 is 2.87 bits per heavy atom. The van der Waals surface area contributed by atoms with Crippen LogP contribution in [0.3, 0.4) is 0 Å². The third kappa shape index (κ3) is 1.81. The zero-order valence-corrected chi connectivity index (χ0v) is 9.34. The van der Waals surface area contributed by atoms with E-state index in [1.807, 2.05) is 0 Å². The van der Waals surface area contributed by atoms with Gasteiger partial charge in [0.15, 0.2) is 0 Å². The molecule has 2 aliphatic carbocycles. The van der Waals surface area contributed by atoms with Crippen LogP contribution >= 0.6 is 0 Å². The smallest absolute Gasteiger partial charge is 0.0925 e. The van der Waals surface area contributed by atoms with E-state index in [0.717, 1.165) is 12.5 Å². The quantitative estimate of drug-likeness (QED) is 0.772. The van der Waals surface area contributed by atoms with Crippen LogP contribution in [-0.2, 0) is 6.54 Å². The molecule has 3 heteroatoms. The molecular weight excluding hydrogens is 186 g/mol. The fourth-order valence-corrected chi connectivity index (χ4v) is 2.58. The Bertz CT molecular complexity index is 348. The third-order valence-corrected chi connectivity index (χ3v) is 4.04. The lowest BCUT2D eigenvalue weighted by atomic mass is 10.0. The molecule has 0 bridgehead atoms. The van der Waals surface area contributed by atoms with Gasteiger partial charge in [0.05, 0.1) is 12.0 Å². The summed E-state index contributed by atoms with van der Waals surface area (Å²) in [4.78, 5) is 7.41. The second-order valence-corrected chi connectivity index (χ2v) is 5.21. The molecule has 2 aliphatic rings. The van der Waals surface area contributed by atoms with Gasteiger partial charge in [-0.15, -0.1) is 0 Å².